The molecule has 21 heavy (non-hydrogen) atoms. The molecule has 118 valence electrons. The van der Waals surface area contributed by atoms with Crippen molar-refractivity contribution >= 4 is 23.8 Å². The SMILES string of the molecule is CCNc1nc(NCC(=O)N(CC)CC)nc(N(C)C)n1. The molecule has 8 heteroatoms. The fourth-order valence-corrected chi connectivity index (χ4v) is 1.72. The zero-order valence-corrected chi connectivity index (χ0v) is 13.5. The summed E-state index contributed by atoms with van der Waals surface area (Å²) in [4.78, 5) is 28.3. The Bertz CT molecular complexity index is 460. The van der Waals surface area contributed by atoms with Gasteiger partial charge in [0.2, 0.25) is 23.8 Å². The van der Waals surface area contributed by atoms with Crippen LogP contribution in [0, 0.1) is 0 Å². The largest absolute Gasteiger partial charge is 0.354 e. The molecule has 1 heterocycles. The third-order valence-electron chi connectivity index (χ3n) is 2.87. The van der Waals surface area contributed by atoms with Gasteiger partial charge in [-0.1, -0.05) is 0 Å². The molecule has 1 aromatic rings. The monoisotopic (exact) mass is 295 g/mol. The molecule has 0 fully saturated rings. The van der Waals surface area contributed by atoms with Gasteiger partial charge in [0.1, 0.15) is 0 Å². The Labute approximate surface area is 126 Å². The van der Waals surface area contributed by atoms with E-state index in [1.807, 2.05) is 34.9 Å². The van der Waals surface area contributed by atoms with Crippen LogP contribution in [0.4, 0.5) is 17.8 Å². The van der Waals surface area contributed by atoms with Crippen LogP contribution in [0.2, 0.25) is 0 Å². The van der Waals surface area contributed by atoms with Gasteiger partial charge in [0.05, 0.1) is 6.54 Å². The highest BCUT2D eigenvalue weighted by Crippen LogP contribution is 2.11. The average molecular weight is 295 g/mol. The number of carbonyl (C=O) groups is 1. The van der Waals surface area contributed by atoms with Crippen LogP contribution in [0.5, 0.6) is 0 Å². The maximum atomic E-state index is 12.0. The number of hydrogen-bond donors (Lipinski definition) is 2. The summed E-state index contributed by atoms with van der Waals surface area (Å²) in [6.07, 6.45) is 0. The summed E-state index contributed by atoms with van der Waals surface area (Å²) in [6.45, 7) is 8.16. The van der Waals surface area contributed by atoms with E-state index < -0.39 is 0 Å². The summed E-state index contributed by atoms with van der Waals surface area (Å²) < 4.78 is 0. The van der Waals surface area contributed by atoms with Gasteiger partial charge in [-0.2, -0.15) is 15.0 Å². The summed E-state index contributed by atoms with van der Waals surface area (Å²) in [5.41, 5.74) is 0. The van der Waals surface area contributed by atoms with Crippen molar-refractivity contribution in [2.75, 3.05) is 55.8 Å². The Kier molecular flexibility index (Phi) is 6.64. The van der Waals surface area contributed by atoms with E-state index in [0.29, 0.717) is 37.5 Å². The third-order valence-corrected chi connectivity index (χ3v) is 2.87. The molecule has 0 spiro atoms. The summed E-state index contributed by atoms with van der Waals surface area (Å²) in [6, 6.07) is 0. The number of likely N-dealkylation sites (N-methyl/N-ethyl adjacent to an activating group) is 1. The molecule has 0 radical (unpaired) electrons. The number of amides is 1. The first-order valence-electron chi connectivity index (χ1n) is 7.20. The predicted octanol–water partition coefficient (Wildman–Crippen LogP) is 0.650. The van der Waals surface area contributed by atoms with Gasteiger partial charge in [-0.05, 0) is 20.8 Å². The lowest BCUT2D eigenvalue weighted by atomic mass is 10.4. The fraction of sp³-hybridized carbons (Fsp3) is 0.692. The molecule has 0 aliphatic rings. The van der Waals surface area contributed by atoms with Crippen LogP contribution in [0.3, 0.4) is 0 Å². The van der Waals surface area contributed by atoms with E-state index in [1.54, 1.807) is 9.80 Å². The number of aromatic nitrogens is 3. The van der Waals surface area contributed by atoms with Gasteiger partial charge in [-0.15, -0.1) is 0 Å². The van der Waals surface area contributed by atoms with E-state index in [4.69, 9.17) is 0 Å². The lowest BCUT2D eigenvalue weighted by Crippen LogP contribution is -2.35. The Morgan fingerprint density at radius 2 is 1.57 bits per heavy atom. The van der Waals surface area contributed by atoms with Crippen molar-refractivity contribution < 1.29 is 4.79 Å². The number of carbonyl (C=O) groups excluding carboxylic acids is 1. The lowest BCUT2D eigenvalue weighted by molar-refractivity contribution is -0.128. The molecule has 2 N–H and O–H groups in total. The first kappa shape index (κ1) is 16.9. The highest BCUT2D eigenvalue weighted by molar-refractivity contribution is 5.80. The highest BCUT2D eigenvalue weighted by Gasteiger charge is 2.12. The topological polar surface area (TPSA) is 86.3 Å². The molecule has 0 bridgehead atoms. The minimum atomic E-state index is 0.0248. The van der Waals surface area contributed by atoms with Crippen LogP contribution in [-0.4, -0.2) is 66.0 Å². The molecule has 0 aliphatic carbocycles. The van der Waals surface area contributed by atoms with Crippen LogP contribution in [0.15, 0.2) is 0 Å². The second-order valence-corrected chi connectivity index (χ2v) is 4.63. The van der Waals surface area contributed by atoms with E-state index in [-0.39, 0.29) is 12.5 Å². The first-order chi connectivity index (χ1) is 10.0. The second-order valence-electron chi connectivity index (χ2n) is 4.63. The fourth-order valence-electron chi connectivity index (χ4n) is 1.72. The lowest BCUT2D eigenvalue weighted by Gasteiger charge is -2.19. The van der Waals surface area contributed by atoms with Crippen LogP contribution >= 0.6 is 0 Å². The minimum Gasteiger partial charge on any atom is -0.354 e. The highest BCUT2D eigenvalue weighted by atomic mass is 16.2. The average Bonchev–Trinajstić information content (AvgIpc) is 2.46. The quantitative estimate of drug-likeness (QED) is 0.728. The van der Waals surface area contributed by atoms with E-state index in [2.05, 4.69) is 25.6 Å². The van der Waals surface area contributed by atoms with Crippen molar-refractivity contribution in [1.82, 2.24) is 19.9 Å². The molecular weight excluding hydrogens is 270 g/mol. The van der Waals surface area contributed by atoms with Gasteiger partial charge in [0.15, 0.2) is 0 Å². The number of hydrogen-bond acceptors (Lipinski definition) is 7. The van der Waals surface area contributed by atoms with Crippen molar-refractivity contribution in [3.05, 3.63) is 0 Å². The molecular formula is C13H25N7O. The van der Waals surface area contributed by atoms with Crippen LogP contribution in [-0.2, 0) is 4.79 Å². The zero-order valence-electron chi connectivity index (χ0n) is 13.5. The van der Waals surface area contributed by atoms with Crippen LogP contribution < -0.4 is 15.5 Å². The zero-order chi connectivity index (χ0) is 15.8. The van der Waals surface area contributed by atoms with Gasteiger partial charge in [0.25, 0.3) is 0 Å². The minimum absolute atomic E-state index is 0.0248. The third kappa shape index (κ3) is 5.05. The molecule has 8 nitrogen and oxygen atoms in total. The van der Waals surface area contributed by atoms with Crippen molar-refractivity contribution in [2.45, 2.75) is 20.8 Å². The van der Waals surface area contributed by atoms with Gasteiger partial charge in [0, 0.05) is 33.7 Å². The van der Waals surface area contributed by atoms with Gasteiger partial charge >= 0.3 is 0 Å². The Hall–Kier alpha value is -2.12. The van der Waals surface area contributed by atoms with Gasteiger partial charge < -0.3 is 20.4 Å². The second kappa shape index (κ2) is 8.23. The molecule has 1 aromatic heterocycles. The normalized spacial score (nSPS) is 10.1. The molecule has 0 saturated carbocycles. The Morgan fingerprint density at radius 3 is 2.05 bits per heavy atom. The van der Waals surface area contributed by atoms with Crippen LogP contribution in [0.25, 0.3) is 0 Å². The van der Waals surface area contributed by atoms with Crippen molar-refractivity contribution in [2.24, 2.45) is 0 Å². The molecule has 0 unspecified atom stereocenters. The predicted molar refractivity (Wildman–Crippen MR) is 84.7 cm³/mol. The van der Waals surface area contributed by atoms with Crippen LogP contribution in [0.1, 0.15) is 20.8 Å². The van der Waals surface area contributed by atoms with E-state index in [9.17, 15) is 4.79 Å². The molecule has 0 saturated heterocycles. The summed E-state index contributed by atoms with van der Waals surface area (Å²) in [5.74, 6) is 1.45. The van der Waals surface area contributed by atoms with Crippen molar-refractivity contribution in [1.29, 1.82) is 0 Å². The number of rotatable bonds is 8. The van der Waals surface area contributed by atoms with Gasteiger partial charge in [-0.3, -0.25) is 4.79 Å². The van der Waals surface area contributed by atoms with Gasteiger partial charge in [-0.25, -0.2) is 0 Å². The molecule has 0 aromatic carbocycles. The number of anilines is 3. The standard InChI is InChI=1S/C13H25N7O/c1-6-14-11-16-12(18-13(17-11)19(4)5)15-9-10(21)20(7-2)8-3/h6-9H2,1-5H3,(H2,14,15,16,17,18). The van der Waals surface area contributed by atoms with E-state index in [0.717, 1.165) is 0 Å². The molecule has 0 atom stereocenters. The maximum Gasteiger partial charge on any atom is 0.241 e. The molecule has 1 amide bonds. The van der Waals surface area contributed by atoms with Crippen molar-refractivity contribution in [3.63, 3.8) is 0 Å². The summed E-state index contributed by atoms with van der Waals surface area (Å²) in [7, 11) is 3.71. The Balaban J connectivity index is 2.80. The van der Waals surface area contributed by atoms with E-state index >= 15 is 0 Å². The first-order valence-corrected chi connectivity index (χ1v) is 7.20. The molecule has 1 rings (SSSR count). The molecule has 0 aliphatic heterocycles. The Morgan fingerprint density at radius 1 is 1.00 bits per heavy atom. The van der Waals surface area contributed by atoms with E-state index in [1.165, 1.54) is 0 Å². The van der Waals surface area contributed by atoms with Crippen molar-refractivity contribution in [3.8, 4) is 0 Å². The smallest absolute Gasteiger partial charge is 0.241 e. The maximum absolute atomic E-state index is 12.0. The summed E-state index contributed by atoms with van der Waals surface area (Å²) >= 11 is 0. The number of nitrogens with zero attached hydrogens (tertiary/aromatic N) is 5. The number of nitrogens with one attached hydrogen (secondary N) is 2. The summed E-state index contributed by atoms with van der Waals surface area (Å²) in [5, 5.41) is 6.02.